The number of aliphatic carboxylic acids is 1. The zero-order valence-electron chi connectivity index (χ0n) is 10.4. The van der Waals surface area contributed by atoms with Crippen molar-refractivity contribution in [3.63, 3.8) is 0 Å². The Morgan fingerprint density at radius 1 is 1.47 bits per heavy atom. The van der Waals surface area contributed by atoms with E-state index in [9.17, 15) is 9.59 Å². The summed E-state index contributed by atoms with van der Waals surface area (Å²) < 4.78 is 0. The second-order valence-electron chi connectivity index (χ2n) is 3.98. The Labute approximate surface area is 115 Å². The molecule has 104 valence electrons. The summed E-state index contributed by atoms with van der Waals surface area (Å²) in [5, 5.41) is 20.1. The Balaban J connectivity index is 2.73. The minimum atomic E-state index is -1.63. The maximum Gasteiger partial charge on any atom is 0.334 e. The van der Waals surface area contributed by atoms with Crippen molar-refractivity contribution < 1.29 is 19.8 Å². The van der Waals surface area contributed by atoms with Gasteiger partial charge in [0.05, 0.1) is 6.54 Å². The molecular formula is C12H15ClN2O4. The minimum absolute atomic E-state index is 0.204. The van der Waals surface area contributed by atoms with E-state index < -0.39 is 18.0 Å². The standard InChI is InChI=1S/C12H15ClN2O4/c1-2-3-8-4-7(5-10(13)15-8)11(17)14-6-9(16)12(18)19/h4-5,9,16H,2-3,6H2,1H3,(H,14,17)(H,18,19). The van der Waals surface area contributed by atoms with E-state index in [1.165, 1.54) is 6.07 Å². The number of nitrogens with one attached hydrogen (secondary N) is 1. The number of hydrogen-bond acceptors (Lipinski definition) is 4. The maximum absolute atomic E-state index is 11.8. The van der Waals surface area contributed by atoms with Gasteiger partial charge in [-0.2, -0.15) is 0 Å². The normalized spacial score (nSPS) is 11.9. The average Bonchev–Trinajstić information content (AvgIpc) is 2.35. The van der Waals surface area contributed by atoms with Crippen LogP contribution in [0.15, 0.2) is 12.1 Å². The SMILES string of the molecule is CCCc1cc(C(=O)NCC(O)C(=O)O)cc(Cl)n1. The number of carboxylic acids is 1. The molecule has 6 nitrogen and oxygen atoms in total. The van der Waals surface area contributed by atoms with Gasteiger partial charge in [-0.25, -0.2) is 9.78 Å². The van der Waals surface area contributed by atoms with Crippen molar-refractivity contribution in [2.24, 2.45) is 0 Å². The molecule has 0 saturated carbocycles. The molecule has 3 N–H and O–H groups in total. The zero-order valence-corrected chi connectivity index (χ0v) is 11.1. The number of aromatic nitrogens is 1. The maximum atomic E-state index is 11.8. The molecule has 0 aliphatic heterocycles. The Bertz CT molecular complexity index is 479. The van der Waals surface area contributed by atoms with Gasteiger partial charge in [-0.1, -0.05) is 24.9 Å². The molecule has 1 aromatic rings. The fourth-order valence-corrected chi connectivity index (χ4v) is 1.67. The quantitative estimate of drug-likeness (QED) is 0.674. The van der Waals surface area contributed by atoms with Crippen molar-refractivity contribution in [1.82, 2.24) is 10.3 Å². The van der Waals surface area contributed by atoms with E-state index in [0.29, 0.717) is 17.7 Å². The summed E-state index contributed by atoms with van der Waals surface area (Å²) in [4.78, 5) is 26.3. The van der Waals surface area contributed by atoms with Crippen molar-refractivity contribution >= 4 is 23.5 Å². The number of aliphatic hydroxyl groups excluding tert-OH is 1. The number of pyridine rings is 1. The summed E-state index contributed by atoms with van der Waals surface area (Å²) in [6.07, 6.45) is -0.0681. The lowest BCUT2D eigenvalue weighted by Crippen LogP contribution is -2.36. The van der Waals surface area contributed by atoms with E-state index in [2.05, 4.69) is 10.3 Å². The van der Waals surface area contributed by atoms with Crippen LogP contribution in [0.1, 0.15) is 29.4 Å². The number of nitrogens with zero attached hydrogens (tertiary/aromatic N) is 1. The lowest BCUT2D eigenvalue weighted by Gasteiger charge is -2.09. The van der Waals surface area contributed by atoms with Gasteiger partial charge in [0.1, 0.15) is 5.15 Å². The molecule has 19 heavy (non-hydrogen) atoms. The van der Waals surface area contributed by atoms with E-state index in [0.717, 1.165) is 6.42 Å². The van der Waals surface area contributed by atoms with Crippen LogP contribution in [0, 0.1) is 0 Å². The van der Waals surface area contributed by atoms with Gasteiger partial charge in [-0.3, -0.25) is 4.79 Å². The third kappa shape index (κ3) is 4.84. The van der Waals surface area contributed by atoms with E-state index in [1.54, 1.807) is 6.07 Å². The first-order valence-electron chi connectivity index (χ1n) is 5.79. The molecule has 1 atom stereocenters. The van der Waals surface area contributed by atoms with Gasteiger partial charge < -0.3 is 15.5 Å². The monoisotopic (exact) mass is 286 g/mol. The fraction of sp³-hybridized carbons (Fsp3) is 0.417. The van der Waals surface area contributed by atoms with Crippen LogP contribution in [0.3, 0.4) is 0 Å². The first-order chi connectivity index (χ1) is 8.93. The first-order valence-corrected chi connectivity index (χ1v) is 6.17. The van der Waals surface area contributed by atoms with Crippen molar-refractivity contribution in [3.8, 4) is 0 Å². The first kappa shape index (κ1) is 15.4. The van der Waals surface area contributed by atoms with Crippen LogP contribution in [0.4, 0.5) is 0 Å². The van der Waals surface area contributed by atoms with Gasteiger partial charge in [0.25, 0.3) is 5.91 Å². The number of hydrogen-bond donors (Lipinski definition) is 3. The van der Waals surface area contributed by atoms with Crippen LogP contribution in [0.2, 0.25) is 5.15 Å². The van der Waals surface area contributed by atoms with E-state index in [1.807, 2.05) is 6.92 Å². The van der Waals surface area contributed by atoms with Crippen LogP contribution in [0.5, 0.6) is 0 Å². The largest absolute Gasteiger partial charge is 0.479 e. The second-order valence-corrected chi connectivity index (χ2v) is 4.37. The fourth-order valence-electron chi connectivity index (χ4n) is 1.45. The molecule has 1 rings (SSSR count). The Kier molecular flexibility index (Phi) is 5.72. The molecule has 0 spiro atoms. The van der Waals surface area contributed by atoms with Gasteiger partial charge in [-0.05, 0) is 18.6 Å². The molecule has 0 fully saturated rings. The molecule has 0 saturated heterocycles. The van der Waals surface area contributed by atoms with Crippen LogP contribution in [-0.2, 0) is 11.2 Å². The van der Waals surface area contributed by atoms with Crippen molar-refractivity contribution in [3.05, 3.63) is 28.5 Å². The molecule has 1 aromatic heterocycles. The predicted octanol–water partition coefficient (Wildman–Crippen LogP) is 0.863. The molecule has 7 heteroatoms. The highest BCUT2D eigenvalue weighted by Gasteiger charge is 2.15. The lowest BCUT2D eigenvalue weighted by molar-refractivity contribution is -0.146. The Morgan fingerprint density at radius 2 is 2.16 bits per heavy atom. The summed E-state index contributed by atoms with van der Waals surface area (Å²) in [6.45, 7) is 1.61. The van der Waals surface area contributed by atoms with Crippen LogP contribution < -0.4 is 5.32 Å². The number of aliphatic hydroxyl groups is 1. The predicted molar refractivity (Wildman–Crippen MR) is 69.2 cm³/mol. The number of carbonyl (C=O) groups excluding carboxylic acids is 1. The second kappa shape index (κ2) is 7.06. The zero-order chi connectivity index (χ0) is 14.4. The molecular weight excluding hydrogens is 272 g/mol. The highest BCUT2D eigenvalue weighted by molar-refractivity contribution is 6.29. The third-order valence-electron chi connectivity index (χ3n) is 2.36. The van der Waals surface area contributed by atoms with Gasteiger partial charge in [0, 0.05) is 11.3 Å². The molecule has 1 amide bonds. The average molecular weight is 287 g/mol. The summed E-state index contributed by atoms with van der Waals surface area (Å²) >= 11 is 5.81. The van der Waals surface area contributed by atoms with Crippen LogP contribution in [0.25, 0.3) is 0 Å². The summed E-state index contributed by atoms with van der Waals surface area (Å²) in [5.74, 6) is -1.89. The number of rotatable bonds is 6. The molecule has 0 aliphatic rings. The van der Waals surface area contributed by atoms with Crippen molar-refractivity contribution in [2.75, 3.05) is 6.54 Å². The van der Waals surface area contributed by atoms with Gasteiger partial charge in [0.15, 0.2) is 6.10 Å². The highest BCUT2D eigenvalue weighted by Crippen LogP contribution is 2.12. The number of carboxylic acid groups (broad SMARTS) is 1. The number of amides is 1. The van der Waals surface area contributed by atoms with E-state index in [-0.39, 0.29) is 11.7 Å². The summed E-state index contributed by atoms with van der Waals surface area (Å²) in [5.41, 5.74) is 0.986. The molecule has 0 aliphatic carbocycles. The van der Waals surface area contributed by atoms with Gasteiger partial charge in [-0.15, -0.1) is 0 Å². The van der Waals surface area contributed by atoms with E-state index >= 15 is 0 Å². The van der Waals surface area contributed by atoms with E-state index in [4.69, 9.17) is 21.8 Å². The Morgan fingerprint density at radius 3 is 2.74 bits per heavy atom. The minimum Gasteiger partial charge on any atom is -0.479 e. The topological polar surface area (TPSA) is 99.5 Å². The number of halogens is 1. The molecule has 1 unspecified atom stereocenters. The van der Waals surface area contributed by atoms with Crippen LogP contribution in [-0.4, -0.2) is 39.7 Å². The number of aryl methyl sites for hydroxylation is 1. The molecule has 0 aromatic carbocycles. The molecule has 0 radical (unpaired) electrons. The molecule has 1 heterocycles. The molecule has 0 bridgehead atoms. The number of carbonyl (C=O) groups is 2. The van der Waals surface area contributed by atoms with Gasteiger partial charge in [0.2, 0.25) is 0 Å². The van der Waals surface area contributed by atoms with Crippen molar-refractivity contribution in [1.29, 1.82) is 0 Å². The summed E-state index contributed by atoms with van der Waals surface area (Å²) in [6, 6.07) is 2.99. The van der Waals surface area contributed by atoms with Gasteiger partial charge >= 0.3 is 5.97 Å². The summed E-state index contributed by atoms with van der Waals surface area (Å²) in [7, 11) is 0. The highest BCUT2D eigenvalue weighted by atomic mass is 35.5. The lowest BCUT2D eigenvalue weighted by atomic mass is 10.1. The Hall–Kier alpha value is -1.66. The van der Waals surface area contributed by atoms with Crippen molar-refractivity contribution in [2.45, 2.75) is 25.9 Å². The smallest absolute Gasteiger partial charge is 0.334 e. The van der Waals surface area contributed by atoms with Crippen LogP contribution >= 0.6 is 11.6 Å². The third-order valence-corrected chi connectivity index (χ3v) is 2.55.